The zero-order valence-electron chi connectivity index (χ0n) is 9.39. The standard InChI is InChI=1S/C11H16N4O/c1-14-5-9(4-13-14)11(16)15-6-8-2-3-12-10(8)7-15/h4-5,8,10,12H,2-3,6-7H2,1H3/t8-,10-/m0/s1. The molecule has 1 N–H and O–H groups in total. The molecule has 1 aromatic rings. The van der Waals surface area contributed by atoms with Crippen LogP contribution in [-0.2, 0) is 7.05 Å². The van der Waals surface area contributed by atoms with Crippen LogP contribution < -0.4 is 5.32 Å². The van der Waals surface area contributed by atoms with Crippen molar-refractivity contribution in [1.29, 1.82) is 0 Å². The first-order valence-electron chi connectivity index (χ1n) is 5.75. The van der Waals surface area contributed by atoms with Gasteiger partial charge < -0.3 is 10.2 Å². The lowest BCUT2D eigenvalue weighted by Gasteiger charge is -2.16. The van der Waals surface area contributed by atoms with Crippen molar-refractivity contribution in [3.63, 3.8) is 0 Å². The van der Waals surface area contributed by atoms with Gasteiger partial charge >= 0.3 is 0 Å². The minimum absolute atomic E-state index is 0.115. The Morgan fingerprint density at radius 1 is 1.56 bits per heavy atom. The zero-order valence-corrected chi connectivity index (χ0v) is 9.39. The van der Waals surface area contributed by atoms with Crippen molar-refractivity contribution in [2.45, 2.75) is 12.5 Å². The molecule has 0 spiro atoms. The van der Waals surface area contributed by atoms with E-state index < -0.39 is 0 Å². The predicted octanol–water partition coefficient (Wildman–Crippen LogP) is -0.146. The molecule has 0 bridgehead atoms. The van der Waals surface area contributed by atoms with E-state index in [1.165, 1.54) is 6.42 Å². The van der Waals surface area contributed by atoms with Crippen molar-refractivity contribution in [2.24, 2.45) is 13.0 Å². The smallest absolute Gasteiger partial charge is 0.257 e. The molecule has 3 heterocycles. The summed E-state index contributed by atoms with van der Waals surface area (Å²) < 4.78 is 1.67. The molecular formula is C11H16N4O. The summed E-state index contributed by atoms with van der Waals surface area (Å²) in [4.78, 5) is 14.1. The summed E-state index contributed by atoms with van der Waals surface area (Å²) in [5, 5.41) is 7.48. The van der Waals surface area contributed by atoms with Gasteiger partial charge in [0.15, 0.2) is 0 Å². The summed E-state index contributed by atoms with van der Waals surface area (Å²) in [6.07, 6.45) is 4.62. The molecule has 2 atom stereocenters. The fourth-order valence-electron chi connectivity index (χ4n) is 2.73. The fraction of sp³-hybridized carbons (Fsp3) is 0.636. The molecule has 2 aliphatic heterocycles. The molecule has 0 unspecified atom stereocenters. The summed E-state index contributed by atoms with van der Waals surface area (Å²) >= 11 is 0. The van der Waals surface area contributed by atoms with Crippen LogP contribution in [0.1, 0.15) is 16.8 Å². The number of aromatic nitrogens is 2. The van der Waals surface area contributed by atoms with Gasteiger partial charge in [0.1, 0.15) is 0 Å². The second kappa shape index (κ2) is 3.59. The van der Waals surface area contributed by atoms with Gasteiger partial charge in [-0.15, -0.1) is 0 Å². The highest BCUT2D eigenvalue weighted by Gasteiger charge is 2.38. The molecule has 2 aliphatic rings. The molecule has 0 aromatic carbocycles. The number of likely N-dealkylation sites (tertiary alicyclic amines) is 1. The number of nitrogens with one attached hydrogen (secondary N) is 1. The third-order valence-corrected chi connectivity index (χ3v) is 3.60. The lowest BCUT2D eigenvalue weighted by atomic mass is 10.1. The Balaban J connectivity index is 1.73. The summed E-state index contributed by atoms with van der Waals surface area (Å²) in [5.74, 6) is 0.768. The first kappa shape index (κ1) is 9.84. The van der Waals surface area contributed by atoms with E-state index in [4.69, 9.17) is 0 Å². The number of amides is 1. The fourth-order valence-corrected chi connectivity index (χ4v) is 2.73. The molecule has 0 saturated carbocycles. The van der Waals surface area contributed by atoms with E-state index in [2.05, 4.69) is 10.4 Å². The number of carbonyl (C=O) groups is 1. The maximum atomic E-state index is 12.1. The van der Waals surface area contributed by atoms with Crippen LogP contribution in [0.25, 0.3) is 0 Å². The Kier molecular flexibility index (Phi) is 2.21. The molecule has 1 aromatic heterocycles. The highest BCUT2D eigenvalue weighted by atomic mass is 16.2. The van der Waals surface area contributed by atoms with Crippen LogP contribution >= 0.6 is 0 Å². The van der Waals surface area contributed by atoms with Crippen molar-refractivity contribution in [3.05, 3.63) is 18.0 Å². The van der Waals surface area contributed by atoms with Gasteiger partial charge in [0.25, 0.3) is 5.91 Å². The molecule has 86 valence electrons. The monoisotopic (exact) mass is 220 g/mol. The third-order valence-electron chi connectivity index (χ3n) is 3.60. The third kappa shape index (κ3) is 1.51. The van der Waals surface area contributed by atoms with Crippen LogP contribution in [0.5, 0.6) is 0 Å². The first-order valence-corrected chi connectivity index (χ1v) is 5.75. The topological polar surface area (TPSA) is 50.2 Å². The largest absolute Gasteiger partial charge is 0.337 e. The highest BCUT2D eigenvalue weighted by molar-refractivity contribution is 5.94. The van der Waals surface area contributed by atoms with Crippen molar-refractivity contribution >= 4 is 5.91 Å². The number of nitrogens with zero attached hydrogens (tertiary/aromatic N) is 3. The van der Waals surface area contributed by atoms with E-state index in [0.29, 0.717) is 17.5 Å². The van der Waals surface area contributed by atoms with Gasteiger partial charge in [0, 0.05) is 32.4 Å². The van der Waals surface area contributed by atoms with E-state index in [1.807, 2.05) is 11.9 Å². The number of rotatable bonds is 1. The van der Waals surface area contributed by atoms with Crippen LogP contribution in [0.4, 0.5) is 0 Å². The normalized spacial score (nSPS) is 28.4. The van der Waals surface area contributed by atoms with Crippen LogP contribution in [-0.4, -0.2) is 46.3 Å². The number of aryl methyl sites for hydroxylation is 1. The molecule has 2 saturated heterocycles. The van der Waals surface area contributed by atoms with E-state index in [1.54, 1.807) is 17.1 Å². The highest BCUT2D eigenvalue weighted by Crippen LogP contribution is 2.25. The predicted molar refractivity (Wildman–Crippen MR) is 59.0 cm³/mol. The SMILES string of the molecule is Cn1cc(C(=O)N2C[C@@H]3CCN[C@H]3C2)cn1. The van der Waals surface area contributed by atoms with Crippen molar-refractivity contribution in [3.8, 4) is 0 Å². The Hall–Kier alpha value is -1.36. The molecular weight excluding hydrogens is 204 g/mol. The quantitative estimate of drug-likeness (QED) is 0.716. The molecule has 0 radical (unpaired) electrons. The van der Waals surface area contributed by atoms with Gasteiger partial charge in [0.05, 0.1) is 11.8 Å². The molecule has 5 heteroatoms. The molecule has 2 fully saturated rings. The van der Waals surface area contributed by atoms with Crippen LogP contribution in [0.2, 0.25) is 0 Å². The Bertz CT molecular complexity index is 402. The Morgan fingerprint density at radius 2 is 2.44 bits per heavy atom. The summed E-state index contributed by atoms with van der Waals surface area (Å²) in [6.45, 7) is 2.84. The Labute approximate surface area is 94.4 Å². The molecule has 3 rings (SSSR count). The minimum Gasteiger partial charge on any atom is -0.337 e. The van der Waals surface area contributed by atoms with E-state index >= 15 is 0 Å². The Morgan fingerprint density at radius 3 is 3.12 bits per heavy atom. The number of hydrogen-bond donors (Lipinski definition) is 1. The lowest BCUT2D eigenvalue weighted by Crippen LogP contribution is -2.33. The minimum atomic E-state index is 0.115. The molecule has 5 nitrogen and oxygen atoms in total. The van der Waals surface area contributed by atoms with Crippen LogP contribution in [0.15, 0.2) is 12.4 Å². The van der Waals surface area contributed by atoms with Gasteiger partial charge in [-0.3, -0.25) is 9.48 Å². The second-order valence-corrected chi connectivity index (χ2v) is 4.72. The number of hydrogen-bond acceptors (Lipinski definition) is 3. The van der Waals surface area contributed by atoms with Crippen molar-refractivity contribution in [1.82, 2.24) is 20.0 Å². The molecule has 16 heavy (non-hydrogen) atoms. The van der Waals surface area contributed by atoms with E-state index in [0.717, 1.165) is 19.6 Å². The lowest BCUT2D eigenvalue weighted by molar-refractivity contribution is 0.0782. The van der Waals surface area contributed by atoms with Gasteiger partial charge in [-0.2, -0.15) is 5.10 Å². The average Bonchev–Trinajstić information content (AvgIpc) is 2.89. The van der Waals surface area contributed by atoms with Gasteiger partial charge in [0.2, 0.25) is 0 Å². The van der Waals surface area contributed by atoms with E-state index in [-0.39, 0.29) is 5.91 Å². The van der Waals surface area contributed by atoms with Crippen molar-refractivity contribution in [2.75, 3.05) is 19.6 Å². The first-order chi connectivity index (χ1) is 7.74. The van der Waals surface area contributed by atoms with Gasteiger partial charge in [-0.05, 0) is 18.9 Å². The summed E-state index contributed by atoms with van der Waals surface area (Å²) in [6, 6.07) is 0.514. The average molecular weight is 220 g/mol. The second-order valence-electron chi connectivity index (χ2n) is 4.72. The number of carbonyl (C=O) groups excluding carboxylic acids is 1. The van der Waals surface area contributed by atoms with Gasteiger partial charge in [-0.1, -0.05) is 0 Å². The van der Waals surface area contributed by atoms with Crippen LogP contribution in [0, 0.1) is 5.92 Å². The zero-order chi connectivity index (χ0) is 11.1. The summed E-state index contributed by atoms with van der Waals surface area (Å²) in [5.41, 5.74) is 0.697. The molecule has 0 aliphatic carbocycles. The van der Waals surface area contributed by atoms with Crippen molar-refractivity contribution < 1.29 is 4.79 Å². The number of fused-ring (bicyclic) bond motifs is 1. The maximum absolute atomic E-state index is 12.1. The summed E-state index contributed by atoms with van der Waals surface area (Å²) in [7, 11) is 1.83. The maximum Gasteiger partial charge on any atom is 0.257 e. The molecule has 1 amide bonds. The van der Waals surface area contributed by atoms with Gasteiger partial charge in [-0.25, -0.2) is 0 Å². The van der Waals surface area contributed by atoms with Crippen LogP contribution in [0.3, 0.4) is 0 Å². The van der Waals surface area contributed by atoms with E-state index in [9.17, 15) is 4.79 Å².